The number of ether oxygens (including phenoxy) is 2. The van der Waals surface area contributed by atoms with Crippen LogP contribution in [0.5, 0.6) is 11.8 Å². The Balaban J connectivity index is 1.27. The van der Waals surface area contributed by atoms with Gasteiger partial charge in [-0.3, -0.25) is 9.88 Å². The van der Waals surface area contributed by atoms with Crippen LogP contribution in [-0.4, -0.2) is 62.3 Å². The molecule has 1 unspecified atom stereocenters. The zero-order chi connectivity index (χ0) is 26.5. The summed E-state index contributed by atoms with van der Waals surface area (Å²) in [4.78, 5) is 20.8. The largest absolute Gasteiger partial charge is 0.489 e. The molecule has 0 spiro atoms. The maximum atomic E-state index is 15.6. The standard InChI is InChI=1S/C30H29FN6O2/c1-18-27-29(35-30(33-18)38-2)37(28(34-27)21-6-8-25-20(14-21)4-3-11-32-25)16-22-5-7-23(15-24(22)31)39-26-17-36-12-9-19(26)10-13-36/h3-8,11,14-15,19,26H,9-10,12-13,16-17H2,1-2H3. The van der Waals surface area contributed by atoms with Crippen molar-refractivity contribution in [3.05, 3.63) is 71.8 Å². The van der Waals surface area contributed by atoms with Crippen LogP contribution in [0.15, 0.2) is 54.7 Å². The monoisotopic (exact) mass is 524 g/mol. The molecular formula is C30H29FN6O2. The van der Waals surface area contributed by atoms with Gasteiger partial charge in [0.1, 0.15) is 29.0 Å². The van der Waals surface area contributed by atoms with E-state index in [-0.39, 0.29) is 24.5 Å². The van der Waals surface area contributed by atoms with Gasteiger partial charge in [0, 0.05) is 35.3 Å². The molecule has 198 valence electrons. The summed E-state index contributed by atoms with van der Waals surface area (Å²) in [5.74, 6) is 1.48. The van der Waals surface area contributed by atoms with Gasteiger partial charge in [0.15, 0.2) is 5.65 Å². The number of methoxy groups -OCH3 is 1. The lowest BCUT2D eigenvalue weighted by Crippen LogP contribution is -2.52. The predicted molar refractivity (Wildman–Crippen MR) is 146 cm³/mol. The molecule has 3 aromatic heterocycles. The number of nitrogens with zero attached hydrogens (tertiary/aromatic N) is 6. The molecule has 0 saturated carbocycles. The summed E-state index contributed by atoms with van der Waals surface area (Å²) in [6.45, 7) is 5.31. The molecule has 3 fully saturated rings. The minimum atomic E-state index is -0.318. The van der Waals surface area contributed by atoms with Gasteiger partial charge in [0.2, 0.25) is 0 Å². The van der Waals surface area contributed by atoms with E-state index in [2.05, 4.69) is 19.9 Å². The molecule has 2 aromatic carbocycles. The van der Waals surface area contributed by atoms with Gasteiger partial charge in [0.05, 0.1) is 24.9 Å². The maximum Gasteiger partial charge on any atom is 0.318 e. The first-order chi connectivity index (χ1) is 19.1. The molecule has 8 nitrogen and oxygen atoms in total. The van der Waals surface area contributed by atoms with Crippen LogP contribution in [0.1, 0.15) is 24.1 Å². The lowest BCUT2D eigenvalue weighted by Gasteiger charge is -2.44. The Hall–Kier alpha value is -4.11. The van der Waals surface area contributed by atoms with E-state index in [0.29, 0.717) is 39.9 Å². The van der Waals surface area contributed by atoms with E-state index in [1.807, 2.05) is 47.9 Å². The summed E-state index contributed by atoms with van der Waals surface area (Å²) < 4.78 is 29.1. The number of aromatic nitrogens is 5. The lowest BCUT2D eigenvalue weighted by atomic mass is 9.86. The highest BCUT2D eigenvalue weighted by atomic mass is 19.1. The molecule has 9 heteroatoms. The van der Waals surface area contributed by atoms with Gasteiger partial charge in [-0.15, -0.1) is 0 Å². The Bertz CT molecular complexity index is 1690. The molecule has 8 rings (SSSR count). The Morgan fingerprint density at radius 3 is 2.67 bits per heavy atom. The normalized spacial score (nSPS) is 20.5. The van der Waals surface area contributed by atoms with Crippen molar-refractivity contribution in [3.8, 4) is 23.1 Å². The molecule has 39 heavy (non-hydrogen) atoms. The van der Waals surface area contributed by atoms with Crippen molar-refractivity contribution >= 4 is 22.1 Å². The zero-order valence-corrected chi connectivity index (χ0v) is 22.0. The van der Waals surface area contributed by atoms with Gasteiger partial charge in [-0.25, -0.2) is 9.37 Å². The molecule has 0 amide bonds. The number of benzene rings is 2. The Morgan fingerprint density at radius 1 is 1.03 bits per heavy atom. The van der Waals surface area contributed by atoms with Crippen LogP contribution in [0.3, 0.4) is 0 Å². The number of pyridine rings is 1. The molecule has 3 aliphatic rings. The molecule has 1 atom stereocenters. The van der Waals surface area contributed by atoms with E-state index in [9.17, 15) is 0 Å². The second-order valence-electron chi connectivity index (χ2n) is 10.4. The fourth-order valence-electron chi connectivity index (χ4n) is 5.91. The zero-order valence-electron chi connectivity index (χ0n) is 22.0. The van der Waals surface area contributed by atoms with Crippen molar-refractivity contribution < 1.29 is 13.9 Å². The van der Waals surface area contributed by atoms with E-state index in [0.717, 1.165) is 48.9 Å². The first-order valence-electron chi connectivity index (χ1n) is 13.4. The van der Waals surface area contributed by atoms with Crippen LogP contribution in [0.4, 0.5) is 4.39 Å². The summed E-state index contributed by atoms with van der Waals surface area (Å²) in [6.07, 6.45) is 4.19. The van der Waals surface area contributed by atoms with Crippen molar-refractivity contribution in [2.24, 2.45) is 5.92 Å². The second-order valence-corrected chi connectivity index (χ2v) is 10.4. The molecule has 3 saturated heterocycles. The number of hydrogen-bond donors (Lipinski definition) is 0. The summed E-state index contributed by atoms with van der Waals surface area (Å²) in [6, 6.07) is 15.3. The Labute approximate surface area is 225 Å². The number of fused-ring (bicyclic) bond motifs is 5. The van der Waals surface area contributed by atoms with Crippen molar-refractivity contribution in [1.29, 1.82) is 0 Å². The van der Waals surface area contributed by atoms with E-state index >= 15 is 4.39 Å². The molecular weight excluding hydrogens is 495 g/mol. The molecule has 3 aliphatic heterocycles. The van der Waals surface area contributed by atoms with Crippen LogP contribution >= 0.6 is 0 Å². The average molecular weight is 525 g/mol. The fraction of sp³-hybridized carbons (Fsp3) is 0.333. The van der Waals surface area contributed by atoms with Crippen molar-refractivity contribution in [2.45, 2.75) is 32.4 Å². The number of imidazole rings is 1. The molecule has 0 aliphatic carbocycles. The van der Waals surface area contributed by atoms with Crippen molar-refractivity contribution in [2.75, 3.05) is 26.7 Å². The van der Waals surface area contributed by atoms with Gasteiger partial charge in [0.25, 0.3) is 0 Å². The van der Waals surface area contributed by atoms with E-state index in [1.165, 1.54) is 13.2 Å². The molecule has 0 N–H and O–H groups in total. The maximum absolute atomic E-state index is 15.6. The molecule has 2 bridgehead atoms. The van der Waals surface area contributed by atoms with Crippen molar-refractivity contribution in [3.63, 3.8) is 0 Å². The molecule has 5 aromatic rings. The fourth-order valence-corrected chi connectivity index (χ4v) is 5.91. The highest BCUT2D eigenvalue weighted by molar-refractivity contribution is 5.86. The van der Waals surface area contributed by atoms with E-state index < -0.39 is 0 Å². The van der Waals surface area contributed by atoms with Gasteiger partial charge in [-0.05, 0) is 69.1 Å². The van der Waals surface area contributed by atoms with Crippen LogP contribution in [0.25, 0.3) is 33.5 Å². The summed E-state index contributed by atoms with van der Waals surface area (Å²) in [5.41, 5.74) is 4.24. The van der Waals surface area contributed by atoms with Gasteiger partial charge >= 0.3 is 6.01 Å². The summed E-state index contributed by atoms with van der Waals surface area (Å²) in [7, 11) is 1.53. The third-order valence-electron chi connectivity index (χ3n) is 8.03. The van der Waals surface area contributed by atoms with Crippen LogP contribution in [0, 0.1) is 18.7 Å². The average Bonchev–Trinajstić information content (AvgIpc) is 3.33. The molecule has 6 heterocycles. The molecule has 0 radical (unpaired) electrons. The van der Waals surface area contributed by atoms with E-state index in [4.69, 9.17) is 14.5 Å². The Morgan fingerprint density at radius 2 is 1.90 bits per heavy atom. The predicted octanol–water partition coefficient (Wildman–Crippen LogP) is 5.02. The van der Waals surface area contributed by atoms with Crippen LogP contribution in [-0.2, 0) is 6.54 Å². The SMILES string of the molecule is COc1nc(C)c2nc(-c3ccc4ncccc4c3)n(Cc3ccc(OC4CN5CCC4CC5)cc3F)c2n1. The highest BCUT2D eigenvalue weighted by Gasteiger charge is 2.35. The lowest BCUT2D eigenvalue weighted by molar-refractivity contribution is -0.00789. The van der Waals surface area contributed by atoms with Crippen molar-refractivity contribution in [1.82, 2.24) is 29.4 Å². The highest BCUT2D eigenvalue weighted by Crippen LogP contribution is 2.33. The number of aryl methyl sites for hydroxylation is 1. The Kier molecular flexibility index (Phi) is 5.88. The van der Waals surface area contributed by atoms with E-state index in [1.54, 1.807) is 12.3 Å². The summed E-state index contributed by atoms with van der Waals surface area (Å²) >= 11 is 0. The number of hydrogen-bond acceptors (Lipinski definition) is 7. The smallest absolute Gasteiger partial charge is 0.318 e. The van der Waals surface area contributed by atoms with Crippen LogP contribution in [0.2, 0.25) is 0 Å². The first kappa shape index (κ1) is 24.0. The van der Waals surface area contributed by atoms with Gasteiger partial charge in [-0.2, -0.15) is 9.97 Å². The second kappa shape index (κ2) is 9.57. The summed E-state index contributed by atoms with van der Waals surface area (Å²) in [5, 5.41) is 0.995. The first-order valence-corrected chi connectivity index (χ1v) is 13.4. The van der Waals surface area contributed by atoms with Crippen LogP contribution < -0.4 is 9.47 Å². The third kappa shape index (κ3) is 4.36. The quantitative estimate of drug-likeness (QED) is 0.309. The topological polar surface area (TPSA) is 78.2 Å². The minimum absolute atomic E-state index is 0.122. The number of halogens is 1. The third-order valence-corrected chi connectivity index (χ3v) is 8.03. The van der Waals surface area contributed by atoms with Gasteiger partial charge in [-0.1, -0.05) is 12.1 Å². The van der Waals surface area contributed by atoms with Gasteiger partial charge < -0.3 is 14.0 Å². The number of piperidine rings is 3. The minimum Gasteiger partial charge on any atom is -0.489 e. The number of rotatable bonds is 6.